The van der Waals surface area contributed by atoms with E-state index in [1.54, 1.807) is 36.8 Å². The van der Waals surface area contributed by atoms with Crippen molar-refractivity contribution in [2.45, 2.75) is 0 Å². The largest absolute Gasteiger partial charge is 0.493 e. The van der Waals surface area contributed by atoms with Gasteiger partial charge in [0.1, 0.15) is 0 Å². The molecule has 124 valence electrons. The molecule has 0 saturated carbocycles. The number of carbonyl (C=O) groups is 1. The summed E-state index contributed by atoms with van der Waals surface area (Å²) >= 11 is 0. The fraction of sp³-hybridized carbons (Fsp3) is 0.0500. The van der Waals surface area contributed by atoms with E-state index in [9.17, 15) is 4.79 Å². The number of pyridine rings is 2. The molecule has 0 N–H and O–H groups in total. The molecule has 0 aliphatic carbocycles. The second kappa shape index (κ2) is 7.88. The molecule has 2 heterocycles. The molecule has 3 rings (SSSR count). The van der Waals surface area contributed by atoms with Gasteiger partial charge in [-0.25, -0.2) is 4.79 Å². The number of carbonyl (C=O) groups excluding carboxylic acids is 1. The number of nitrogens with zero attached hydrogens (tertiary/aromatic N) is 2. The molecule has 2 aromatic heterocycles. The Labute approximate surface area is 145 Å². The summed E-state index contributed by atoms with van der Waals surface area (Å²) in [5, 5.41) is 0. The molecule has 5 heteroatoms. The molecular weight excluding hydrogens is 316 g/mol. The van der Waals surface area contributed by atoms with Crippen molar-refractivity contribution in [3.63, 3.8) is 0 Å². The zero-order chi connectivity index (χ0) is 17.5. The van der Waals surface area contributed by atoms with Crippen LogP contribution in [0.2, 0.25) is 0 Å². The summed E-state index contributed by atoms with van der Waals surface area (Å²) in [5.74, 6) is 0.359. The lowest BCUT2D eigenvalue weighted by atomic mass is 10.1. The molecule has 0 aliphatic rings. The number of hydrogen-bond donors (Lipinski definition) is 0. The van der Waals surface area contributed by atoms with E-state index in [0.29, 0.717) is 17.1 Å². The Morgan fingerprint density at radius 2 is 1.72 bits per heavy atom. The van der Waals surface area contributed by atoms with Gasteiger partial charge in [-0.1, -0.05) is 18.2 Å². The number of rotatable bonds is 5. The normalized spacial score (nSPS) is 10.6. The number of hydrogen-bond acceptors (Lipinski definition) is 5. The highest BCUT2D eigenvalue weighted by Gasteiger charge is 2.12. The van der Waals surface area contributed by atoms with Gasteiger partial charge < -0.3 is 9.47 Å². The minimum absolute atomic E-state index is 0.359. The Balaban J connectivity index is 1.78. The van der Waals surface area contributed by atoms with Gasteiger partial charge in [-0.15, -0.1) is 0 Å². The molecule has 0 aliphatic heterocycles. The fourth-order valence-corrected chi connectivity index (χ4v) is 2.18. The molecule has 0 bridgehead atoms. The predicted molar refractivity (Wildman–Crippen MR) is 95.4 cm³/mol. The minimum Gasteiger partial charge on any atom is -0.493 e. The maximum absolute atomic E-state index is 12.1. The Kier molecular flexibility index (Phi) is 5.16. The maximum atomic E-state index is 12.1. The van der Waals surface area contributed by atoms with Crippen LogP contribution >= 0.6 is 0 Å². The second-order valence-electron chi connectivity index (χ2n) is 5.16. The van der Waals surface area contributed by atoms with Gasteiger partial charge in [-0.05, 0) is 47.5 Å². The van der Waals surface area contributed by atoms with E-state index in [-0.39, 0.29) is 0 Å². The van der Waals surface area contributed by atoms with Crippen LogP contribution in [0.15, 0.2) is 67.3 Å². The van der Waals surface area contributed by atoms with Crippen molar-refractivity contribution < 1.29 is 14.3 Å². The first-order valence-corrected chi connectivity index (χ1v) is 7.64. The first-order valence-electron chi connectivity index (χ1n) is 7.64. The van der Waals surface area contributed by atoms with Crippen molar-refractivity contribution in [2.75, 3.05) is 7.11 Å². The predicted octanol–water partition coefficient (Wildman–Crippen LogP) is 3.87. The average molecular weight is 332 g/mol. The number of esters is 1. The molecule has 0 amide bonds. The highest BCUT2D eigenvalue weighted by molar-refractivity contribution is 5.91. The lowest BCUT2D eigenvalue weighted by Gasteiger charge is -2.10. The smallest absolute Gasteiger partial charge is 0.345 e. The van der Waals surface area contributed by atoms with Crippen LogP contribution in [0.4, 0.5) is 0 Å². The van der Waals surface area contributed by atoms with Crippen LogP contribution in [0.3, 0.4) is 0 Å². The van der Waals surface area contributed by atoms with Crippen LogP contribution in [-0.4, -0.2) is 23.0 Å². The molecule has 1 aromatic carbocycles. The maximum Gasteiger partial charge on any atom is 0.345 e. The van der Waals surface area contributed by atoms with E-state index in [2.05, 4.69) is 9.97 Å². The van der Waals surface area contributed by atoms with E-state index in [4.69, 9.17) is 9.47 Å². The third-order valence-corrected chi connectivity index (χ3v) is 3.46. The molecule has 0 fully saturated rings. The van der Waals surface area contributed by atoms with Gasteiger partial charge in [-0.2, -0.15) is 0 Å². The summed E-state index contributed by atoms with van der Waals surface area (Å²) in [7, 11) is 1.53. The Morgan fingerprint density at radius 3 is 2.44 bits per heavy atom. The Morgan fingerprint density at radius 1 is 0.920 bits per heavy atom. The van der Waals surface area contributed by atoms with E-state index in [0.717, 1.165) is 11.1 Å². The third kappa shape index (κ3) is 4.29. The number of benzene rings is 1. The van der Waals surface area contributed by atoms with Gasteiger partial charge in [0.15, 0.2) is 11.5 Å². The van der Waals surface area contributed by atoms with Gasteiger partial charge >= 0.3 is 5.97 Å². The van der Waals surface area contributed by atoms with Crippen LogP contribution in [0.25, 0.3) is 12.2 Å². The monoisotopic (exact) mass is 332 g/mol. The summed E-state index contributed by atoms with van der Waals surface area (Å²) in [6, 6.07) is 12.5. The van der Waals surface area contributed by atoms with E-state index in [1.807, 2.05) is 36.4 Å². The summed E-state index contributed by atoms with van der Waals surface area (Å²) < 4.78 is 10.7. The molecule has 0 spiro atoms. The van der Waals surface area contributed by atoms with E-state index < -0.39 is 5.97 Å². The van der Waals surface area contributed by atoms with Crippen molar-refractivity contribution in [1.82, 2.24) is 9.97 Å². The summed E-state index contributed by atoms with van der Waals surface area (Å²) in [4.78, 5) is 20.0. The summed E-state index contributed by atoms with van der Waals surface area (Å²) in [6.45, 7) is 0. The third-order valence-electron chi connectivity index (χ3n) is 3.46. The molecule has 0 unspecified atom stereocenters. The van der Waals surface area contributed by atoms with Crippen LogP contribution in [0, 0.1) is 0 Å². The molecule has 5 nitrogen and oxygen atoms in total. The highest BCUT2D eigenvalue weighted by Crippen LogP contribution is 2.29. The van der Waals surface area contributed by atoms with Gasteiger partial charge in [0.05, 0.1) is 12.7 Å². The van der Waals surface area contributed by atoms with Crippen molar-refractivity contribution in [3.8, 4) is 11.5 Å². The number of ether oxygens (including phenoxy) is 2. The first-order chi connectivity index (χ1) is 12.3. The van der Waals surface area contributed by atoms with Gasteiger partial charge in [-0.3, -0.25) is 9.97 Å². The minimum atomic E-state index is -0.480. The van der Waals surface area contributed by atoms with Gasteiger partial charge in [0.2, 0.25) is 0 Å². The standard InChI is InChI=1S/C20H16N2O3/c1-24-19-13-16(5-4-15-8-11-21-12-9-15)6-7-18(19)25-20(23)17-3-2-10-22-14-17/h2-14H,1H3/b5-4+. The van der Waals surface area contributed by atoms with Crippen LogP contribution in [-0.2, 0) is 0 Å². The van der Waals surface area contributed by atoms with E-state index >= 15 is 0 Å². The summed E-state index contributed by atoms with van der Waals surface area (Å²) in [6.07, 6.45) is 10.5. The topological polar surface area (TPSA) is 61.3 Å². The lowest BCUT2D eigenvalue weighted by molar-refractivity contribution is 0.0729. The summed E-state index contributed by atoms with van der Waals surface area (Å²) in [5.41, 5.74) is 2.35. The van der Waals surface area contributed by atoms with Crippen molar-refractivity contribution in [2.24, 2.45) is 0 Å². The molecule has 25 heavy (non-hydrogen) atoms. The molecule has 0 saturated heterocycles. The molecule has 3 aromatic rings. The van der Waals surface area contributed by atoms with Gasteiger partial charge in [0, 0.05) is 24.8 Å². The zero-order valence-electron chi connectivity index (χ0n) is 13.6. The van der Waals surface area contributed by atoms with Crippen LogP contribution in [0.1, 0.15) is 21.5 Å². The molecular formula is C20H16N2O3. The van der Waals surface area contributed by atoms with Crippen molar-refractivity contribution >= 4 is 18.1 Å². The number of methoxy groups -OCH3 is 1. The SMILES string of the molecule is COc1cc(/C=C/c2ccncc2)ccc1OC(=O)c1cccnc1. The van der Waals surface area contributed by atoms with Crippen LogP contribution < -0.4 is 9.47 Å². The molecule has 0 atom stereocenters. The van der Waals surface area contributed by atoms with Crippen molar-refractivity contribution in [1.29, 1.82) is 0 Å². The van der Waals surface area contributed by atoms with Gasteiger partial charge in [0.25, 0.3) is 0 Å². The lowest BCUT2D eigenvalue weighted by Crippen LogP contribution is -2.09. The fourth-order valence-electron chi connectivity index (χ4n) is 2.18. The zero-order valence-corrected chi connectivity index (χ0v) is 13.6. The van der Waals surface area contributed by atoms with Crippen LogP contribution in [0.5, 0.6) is 11.5 Å². The second-order valence-corrected chi connectivity index (χ2v) is 5.16. The number of aromatic nitrogens is 2. The average Bonchev–Trinajstić information content (AvgIpc) is 2.68. The first kappa shape index (κ1) is 16.4. The highest BCUT2D eigenvalue weighted by atomic mass is 16.6. The molecule has 0 radical (unpaired) electrons. The quantitative estimate of drug-likeness (QED) is 0.524. The Hall–Kier alpha value is -3.47. The van der Waals surface area contributed by atoms with E-state index in [1.165, 1.54) is 13.3 Å². The Bertz CT molecular complexity index is 878. The van der Waals surface area contributed by atoms with Crippen molar-refractivity contribution in [3.05, 3.63) is 83.9 Å².